The van der Waals surface area contributed by atoms with Crippen molar-refractivity contribution in [1.29, 1.82) is 0 Å². The highest BCUT2D eigenvalue weighted by Gasteiger charge is 2.26. The van der Waals surface area contributed by atoms with Crippen molar-refractivity contribution in [3.8, 4) is 0 Å². The van der Waals surface area contributed by atoms with E-state index >= 15 is 0 Å². The zero-order valence-corrected chi connectivity index (χ0v) is 17.8. The van der Waals surface area contributed by atoms with E-state index in [4.69, 9.17) is 11.6 Å². The number of carbonyl (C=O) groups is 1. The van der Waals surface area contributed by atoms with E-state index in [1.165, 1.54) is 9.71 Å². The summed E-state index contributed by atoms with van der Waals surface area (Å²) in [6.45, 7) is 3.80. The van der Waals surface area contributed by atoms with E-state index in [2.05, 4.69) is 5.32 Å². The maximum absolute atomic E-state index is 12.5. The molecule has 2 aromatic rings. The first kappa shape index (κ1) is 21.5. The molecule has 0 saturated carbocycles. The first-order chi connectivity index (χ1) is 13.8. The van der Waals surface area contributed by atoms with Crippen molar-refractivity contribution in [2.75, 3.05) is 38.0 Å². The Balaban J connectivity index is 1.50. The van der Waals surface area contributed by atoms with Gasteiger partial charge >= 0.3 is 0 Å². The van der Waals surface area contributed by atoms with Crippen molar-refractivity contribution in [1.82, 2.24) is 9.21 Å². The van der Waals surface area contributed by atoms with Gasteiger partial charge in [-0.25, -0.2) is 8.42 Å². The van der Waals surface area contributed by atoms with Gasteiger partial charge in [0.2, 0.25) is 15.9 Å². The van der Waals surface area contributed by atoms with E-state index in [9.17, 15) is 13.2 Å². The minimum atomic E-state index is -3.48. The molecular weight excluding hydrogens is 410 g/mol. The number of aryl methyl sites for hydroxylation is 1. The molecule has 0 spiro atoms. The van der Waals surface area contributed by atoms with Crippen molar-refractivity contribution in [3.63, 3.8) is 0 Å². The van der Waals surface area contributed by atoms with Crippen LogP contribution in [0.5, 0.6) is 0 Å². The summed E-state index contributed by atoms with van der Waals surface area (Å²) in [5, 5.41) is 4.55. The summed E-state index contributed by atoms with van der Waals surface area (Å²) in [5.74, 6) is -0.170. The molecule has 0 radical (unpaired) electrons. The normalized spacial score (nSPS) is 16.2. The number of carbonyl (C=O) groups excluding carboxylic acids is 1. The van der Waals surface area contributed by atoms with E-state index < -0.39 is 10.0 Å². The minimum Gasteiger partial charge on any atom is -0.324 e. The Labute approximate surface area is 176 Å². The minimum absolute atomic E-state index is 0.170. The van der Waals surface area contributed by atoms with Crippen LogP contribution >= 0.6 is 11.6 Å². The molecule has 0 atom stereocenters. The van der Waals surface area contributed by atoms with Gasteiger partial charge in [0.25, 0.3) is 0 Å². The average Bonchev–Trinajstić information content (AvgIpc) is 2.70. The van der Waals surface area contributed by atoms with E-state index in [0.29, 0.717) is 36.9 Å². The topological polar surface area (TPSA) is 69.7 Å². The number of rotatable bonds is 6. The van der Waals surface area contributed by atoms with Gasteiger partial charge in [0.15, 0.2) is 0 Å². The predicted molar refractivity (Wildman–Crippen MR) is 117 cm³/mol. The lowest BCUT2D eigenvalue weighted by molar-refractivity contribution is -0.117. The number of hydrogen-bond donors (Lipinski definition) is 1. The third kappa shape index (κ3) is 6.14. The van der Waals surface area contributed by atoms with Crippen molar-refractivity contribution in [3.05, 3.63) is 70.1 Å². The van der Waals surface area contributed by atoms with Crippen molar-refractivity contribution in [2.45, 2.75) is 6.92 Å². The Kier molecular flexibility index (Phi) is 7.08. The average molecular weight is 434 g/mol. The highest BCUT2D eigenvalue weighted by atomic mass is 35.5. The standard InChI is InChI=1S/C21H24ClN3O3S/c1-17-7-8-20(19(22)15-17)23-21(26)16-24-10-12-25(13-11-24)29(27,28)14-9-18-5-3-2-4-6-18/h2-9,14-15H,10-13,16H2,1H3,(H,23,26)/b14-9+. The second-order valence-electron chi connectivity index (χ2n) is 6.97. The zero-order chi connectivity index (χ0) is 20.9. The number of sulfonamides is 1. The van der Waals surface area contributed by atoms with Crippen molar-refractivity contribution in [2.24, 2.45) is 0 Å². The van der Waals surface area contributed by atoms with Gasteiger partial charge in [-0.05, 0) is 36.3 Å². The molecule has 2 aromatic carbocycles. The van der Waals surface area contributed by atoms with Crippen LogP contribution in [0, 0.1) is 6.92 Å². The maximum Gasteiger partial charge on any atom is 0.238 e. The second kappa shape index (κ2) is 9.54. The Hall–Kier alpha value is -2.19. The molecule has 0 bridgehead atoms. The Bertz CT molecular complexity index is 985. The van der Waals surface area contributed by atoms with E-state index in [-0.39, 0.29) is 12.5 Å². The molecule has 3 rings (SSSR count). The Morgan fingerprint density at radius 2 is 1.79 bits per heavy atom. The van der Waals surface area contributed by atoms with Gasteiger partial charge in [0.05, 0.1) is 17.3 Å². The van der Waals surface area contributed by atoms with E-state index in [1.54, 1.807) is 18.2 Å². The van der Waals surface area contributed by atoms with E-state index in [1.807, 2.05) is 48.2 Å². The summed E-state index contributed by atoms with van der Waals surface area (Å²) in [6.07, 6.45) is 1.60. The summed E-state index contributed by atoms with van der Waals surface area (Å²) in [4.78, 5) is 14.2. The lowest BCUT2D eigenvalue weighted by Gasteiger charge is -2.32. The fraction of sp³-hybridized carbons (Fsp3) is 0.286. The molecule has 29 heavy (non-hydrogen) atoms. The largest absolute Gasteiger partial charge is 0.324 e. The van der Waals surface area contributed by atoms with Crippen LogP contribution in [0.2, 0.25) is 5.02 Å². The first-order valence-corrected chi connectivity index (χ1v) is 11.2. The molecular formula is C21H24ClN3O3S. The smallest absolute Gasteiger partial charge is 0.238 e. The van der Waals surface area contributed by atoms with Crippen LogP contribution in [0.1, 0.15) is 11.1 Å². The number of nitrogens with zero attached hydrogens (tertiary/aromatic N) is 2. The third-order valence-corrected chi connectivity index (χ3v) is 6.57. The van der Waals surface area contributed by atoms with Gasteiger partial charge in [0.1, 0.15) is 0 Å². The highest BCUT2D eigenvalue weighted by Crippen LogP contribution is 2.22. The van der Waals surface area contributed by atoms with Gasteiger partial charge in [-0.1, -0.05) is 48.0 Å². The van der Waals surface area contributed by atoms with Crippen molar-refractivity contribution < 1.29 is 13.2 Å². The maximum atomic E-state index is 12.5. The molecule has 6 nitrogen and oxygen atoms in total. The number of benzene rings is 2. The van der Waals surface area contributed by atoms with Gasteiger partial charge in [-0.15, -0.1) is 0 Å². The number of nitrogens with one attached hydrogen (secondary N) is 1. The molecule has 1 aliphatic rings. The Morgan fingerprint density at radius 1 is 1.10 bits per heavy atom. The molecule has 8 heteroatoms. The van der Waals surface area contributed by atoms with Gasteiger partial charge in [-0.2, -0.15) is 4.31 Å². The van der Waals surface area contributed by atoms with Gasteiger partial charge in [-0.3, -0.25) is 9.69 Å². The lowest BCUT2D eigenvalue weighted by Crippen LogP contribution is -2.49. The van der Waals surface area contributed by atoms with Gasteiger partial charge in [0, 0.05) is 31.6 Å². The second-order valence-corrected chi connectivity index (χ2v) is 9.19. The van der Waals surface area contributed by atoms with Crippen LogP contribution in [0.3, 0.4) is 0 Å². The summed E-state index contributed by atoms with van der Waals surface area (Å²) >= 11 is 6.15. The van der Waals surface area contributed by atoms with Crippen LogP contribution in [-0.4, -0.2) is 56.3 Å². The molecule has 154 valence electrons. The molecule has 1 N–H and O–H groups in total. The number of piperazine rings is 1. The van der Waals surface area contributed by atoms with Crippen LogP contribution in [0.4, 0.5) is 5.69 Å². The molecule has 0 aliphatic carbocycles. The lowest BCUT2D eigenvalue weighted by atomic mass is 10.2. The predicted octanol–water partition coefficient (Wildman–Crippen LogP) is 3.21. The fourth-order valence-electron chi connectivity index (χ4n) is 3.07. The monoisotopic (exact) mass is 433 g/mol. The quantitative estimate of drug-likeness (QED) is 0.759. The zero-order valence-electron chi connectivity index (χ0n) is 16.2. The Morgan fingerprint density at radius 3 is 2.45 bits per heavy atom. The van der Waals surface area contributed by atoms with E-state index in [0.717, 1.165) is 11.1 Å². The summed E-state index contributed by atoms with van der Waals surface area (Å²) in [6, 6.07) is 14.8. The molecule has 0 aromatic heterocycles. The van der Waals surface area contributed by atoms with Crippen LogP contribution in [-0.2, 0) is 14.8 Å². The third-order valence-electron chi connectivity index (χ3n) is 4.69. The number of amides is 1. The molecule has 1 amide bonds. The van der Waals surface area contributed by atoms with Crippen molar-refractivity contribution >= 4 is 39.3 Å². The SMILES string of the molecule is Cc1ccc(NC(=O)CN2CCN(S(=O)(=O)/C=C/c3ccccc3)CC2)c(Cl)c1. The number of anilines is 1. The summed E-state index contributed by atoms with van der Waals surface area (Å²) in [5.41, 5.74) is 2.43. The number of halogens is 1. The van der Waals surface area contributed by atoms with Gasteiger partial charge < -0.3 is 5.32 Å². The number of hydrogen-bond acceptors (Lipinski definition) is 4. The van der Waals surface area contributed by atoms with Crippen LogP contribution < -0.4 is 5.32 Å². The summed E-state index contributed by atoms with van der Waals surface area (Å²) in [7, 11) is -3.48. The molecule has 1 aliphatic heterocycles. The fourth-order valence-corrected chi connectivity index (χ4v) is 4.53. The molecule has 1 fully saturated rings. The molecule has 1 heterocycles. The summed E-state index contributed by atoms with van der Waals surface area (Å²) < 4.78 is 26.5. The van der Waals surface area contributed by atoms with Crippen LogP contribution in [0.25, 0.3) is 6.08 Å². The first-order valence-electron chi connectivity index (χ1n) is 9.35. The highest BCUT2D eigenvalue weighted by molar-refractivity contribution is 7.92. The molecule has 0 unspecified atom stereocenters. The molecule has 1 saturated heterocycles. The van der Waals surface area contributed by atoms with Crippen LogP contribution in [0.15, 0.2) is 53.9 Å².